The Morgan fingerprint density at radius 1 is 1.04 bits per heavy atom. The molecule has 0 fully saturated rings. The van der Waals surface area contributed by atoms with Crippen LogP contribution < -0.4 is 5.32 Å². The maximum atomic E-state index is 13.2. The molecule has 25 heavy (non-hydrogen) atoms. The first-order valence-electron chi connectivity index (χ1n) is 8.43. The van der Waals surface area contributed by atoms with Crippen molar-refractivity contribution in [3.63, 3.8) is 0 Å². The zero-order valence-corrected chi connectivity index (χ0v) is 14.5. The minimum Gasteiger partial charge on any atom is -0.354 e. The molecule has 0 aromatic heterocycles. The molecule has 0 radical (unpaired) electrons. The average Bonchev–Trinajstić information content (AvgIpc) is 2.63. The summed E-state index contributed by atoms with van der Waals surface area (Å²) in [6.45, 7) is 4.32. The quantitative estimate of drug-likeness (QED) is 0.838. The second-order valence-corrected chi connectivity index (χ2v) is 5.71. The summed E-state index contributed by atoms with van der Waals surface area (Å²) in [6.07, 6.45) is 0.282. The summed E-state index contributed by atoms with van der Waals surface area (Å²) in [5, 5.41) is 2.81. The molecule has 0 saturated carbocycles. The summed E-state index contributed by atoms with van der Waals surface area (Å²) in [5.74, 6) is -0.692. The van der Waals surface area contributed by atoms with Crippen LogP contribution in [0.5, 0.6) is 0 Å². The van der Waals surface area contributed by atoms with Crippen LogP contribution in [0.3, 0.4) is 0 Å². The number of carbonyl (C=O) groups is 2. The summed E-state index contributed by atoms with van der Waals surface area (Å²) in [5.41, 5.74) is 1.52. The van der Waals surface area contributed by atoms with Crippen LogP contribution in [0.1, 0.15) is 37.4 Å². The summed E-state index contributed by atoms with van der Waals surface area (Å²) in [4.78, 5) is 26.8. The highest BCUT2D eigenvalue weighted by Crippen LogP contribution is 2.24. The lowest BCUT2D eigenvalue weighted by Gasteiger charge is -2.31. The fourth-order valence-corrected chi connectivity index (χ4v) is 2.69. The van der Waals surface area contributed by atoms with Gasteiger partial charge in [-0.25, -0.2) is 4.39 Å². The van der Waals surface area contributed by atoms with Crippen molar-refractivity contribution in [3.8, 4) is 0 Å². The number of benzene rings is 2. The lowest BCUT2D eigenvalue weighted by Crippen LogP contribution is -2.43. The van der Waals surface area contributed by atoms with E-state index in [2.05, 4.69) is 5.32 Å². The Morgan fingerprint density at radius 3 is 2.24 bits per heavy atom. The molecule has 4 nitrogen and oxygen atoms in total. The molecule has 0 aliphatic rings. The Labute approximate surface area is 147 Å². The molecule has 1 atom stereocenters. The zero-order chi connectivity index (χ0) is 18.2. The minimum absolute atomic E-state index is 0.135. The van der Waals surface area contributed by atoms with Gasteiger partial charge in [0.2, 0.25) is 11.8 Å². The molecule has 0 saturated heterocycles. The highest BCUT2D eigenvalue weighted by atomic mass is 19.1. The Morgan fingerprint density at radius 2 is 1.68 bits per heavy atom. The third-order valence-electron chi connectivity index (χ3n) is 3.92. The average molecular weight is 342 g/mol. The van der Waals surface area contributed by atoms with Crippen molar-refractivity contribution < 1.29 is 14.0 Å². The SMILES string of the molecule is CCNC(=O)[C@@H](c1ccccc1)N(Cc1ccc(F)cc1)C(=O)CC. The maximum absolute atomic E-state index is 13.2. The highest BCUT2D eigenvalue weighted by molar-refractivity contribution is 5.88. The molecular weight excluding hydrogens is 319 g/mol. The van der Waals surface area contributed by atoms with E-state index < -0.39 is 6.04 Å². The second-order valence-electron chi connectivity index (χ2n) is 5.71. The topological polar surface area (TPSA) is 49.4 Å². The minimum atomic E-state index is -0.723. The smallest absolute Gasteiger partial charge is 0.247 e. The number of hydrogen-bond donors (Lipinski definition) is 1. The molecule has 0 spiro atoms. The van der Waals surface area contributed by atoms with E-state index in [0.717, 1.165) is 11.1 Å². The summed E-state index contributed by atoms with van der Waals surface area (Å²) < 4.78 is 13.2. The number of nitrogens with one attached hydrogen (secondary N) is 1. The van der Waals surface area contributed by atoms with Gasteiger partial charge in [-0.2, -0.15) is 0 Å². The van der Waals surface area contributed by atoms with Crippen LogP contribution >= 0.6 is 0 Å². The predicted octanol–water partition coefficient (Wildman–Crippen LogP) is 3.44. The van der Waals surface area contributed by atoms with Gasteiger partial charge < -0.3 is 10.2 Å². The van der Waals surface area contributed by atoms with Crippen LogP contribution in [-0.2, 0) is 16.1 Å². The van der Waals surface area contributed by atoms with E-state index in [9.17, 15) is 14.0 Å². The van der Waals surface area contributed by atoms with Crippen molar-refractivity contribution in [2.75, 3.05) is 6.54 Å². The van der Waals surface area contributed by atoms with Crippen LogP contribution in [0.4, 0.5) is 4.39 Å². The third kappa shape index (κ3) is 4.89. The molecule has 132 valence electrons. The van der Waals surface area contributed by atoms with Crippen LogP contribution in [0.2, 0.25) is 0 Å². The number of rotatable bonds is 7. The molecule has 2 rings (SSSR count). The molecular formula is C20H23FN2O2. The number of halogens is 1. The second kappa shape index (κ2) is 8.97. The van der Waals surface area contributed by atoms with Gasteiger partial charge in [0.05, 0.1) is 0 Å². The third-order valence-corrected chi connectivity index (χ3v) is 3.92. The van der Waals surface area contributed by atoms with Gasteiger partial charge in [-0.1, -0.05) is 49.4 Å². The molecule has 0 unspecified atom stereocenters. The summed E-state index contributed by atoms with van der Waals surface area (Å²) in [6, 6.07) is 14.5. The van der Waals surface area contributed by atoms with E-state index in [0.29, 0.717) is 6.54 Å². The van der Waals surface area contributed by atoms with Gasteiger partial charge >= 0.3 is 0 Å². The summed E-state index contributed by atoms with van der Waals surface area (Å²) >= 11 is 0. The first-order chi connectivity index (χ1) is 12.1. The van der Waals surface area contributed by atoms with Crippen LogP contribution in [0.15, 0.2) is 54.6 Å². The van der Waals surface area contributed by atoms with Crippen molar-refractivity contribution in [2.24, 2.45) is 0 Å². The lowest BCUT2D eigenvalue weighted by molar-refractivity contribution is -0.141. The van der Waals surface area contributed by atoms with Crippen molar-refractivity contribution in [1.29, 1.82) is 0 Å². The van der Waals surface area contributed by atoms with Crippen LogP contribution in [-0.4, -0.2) is 23.3 Å². The predicted molar refractivity (Wildman–Crippen MR) is 95.1 cm³/mol. The van der Waals surface area contributed by atoms with Crippen molar-refractivity contribution >= 4 is 11.8 Å². The number of amides is 2. The van der Waals surface area contributed by atoms with Crippen molar-refractivity contribution in [2.45, 2.75) is 32.9 Å². The van der Waals surface area contributed by atoms with Gasteiger partial charge in [0.25, 0.3) is 0 Å². The van der Waals surface area contributed by atoms with E-state index in [1.807, 2.05) is 37.3 Å². The van der Waals surface area contributed by atoms with Crippen molar-refractivity contribution in [3.05, 3.63) is 71.5 Å². The molecule has 2 aromatic carbocycles. The van der Waals surface area contributed by atoms with Crippen LogP contribution in [0, 0.1) is 5.82 Å². The molecule has 1 N–H and O–H groups in total. The Balaban J connectivity index is 2.40. The van der Waals surface area contributed by atoms with E-state index in [1.54, 1.807) is 24.0 Å². The van der Waals surface area contributed by atoms with E-state index >= 15 is 0 Å². The molecule has 2 amide bonds. The van der Waals surface area contributed by atoms with Gasteiger partial charge in [-0.3, -0.25) is 9.59 Å². The van der Waals surface area contributed by atoms with Gasteiger partial charge in [0, 0.05) is 19.5 Å². The number of carbonyl (C=O) groups excluding carboxylic acids is 2. The number of nitrogens with zero attached hydrogens (tertiary/aromatic N) is 1. The monoisotopic (exact) mass is 342 g/mol. The number of hydrogen-bond acceptors (Lipinski definition) is 2. The van der Waals surface area contributed by atoms with Gasteiger partial charge in [0.15, 0.2) is 0 Å². The zero-order valence-electron chi connectivity index (χ0n) is 14.5. The first kappa shape index (κ1) is 18.6. The number of likely N-dealkylation sites (N-methyl/N-ethyl adjacent to an activating group) is 1. The molecule has 0 heterocycles. The normalized spacial score (nSPS) is 11.6. The van der Waals surface area contributed by atoms with Gasteiger partial charge in [-0.15, -0.1) is 0 Å². The van der Waals surface area contributed by atoms with E-state index in [4.69, 9.17) is 0 Å². The lowest BCUT2D eigenvalue weighted by atomic mass is 10.0. The Bertz CT molecular complexity index is 701. The van der Waals surface area contributed by atoms with E-state index in [-0.39, 0.29) is 30.6 Å². The molecule has 5 heteroatoms. The molecule has 0 aliphatic heterocycles. The summed E-state index contributed by atoms with van der Waals surface area (Å²) in [7, 11) is 0. The fraction of sp³-hybridized carbons (Fsp3) is 0.300. The maximum Gasteiger partial charge on any atom is 0.247 e. The van der Waals surface area contributed by atoms with Gasteiger partial charge in [0.1, 0.15) is 11.9 Å². The fourth-order valence-electron chi connectivity index (χ4n) is 2.69. The Kier molecular flexibility index (Phi) is 6.69. The standard InChI is InChI=1S/C20H23FN2O2/c1-3-18(24)23(14-15-10-12-17(21)13-11-15)19(20(25)22-4-2)16-8-6-5-7-9-16/h5-13,19H,3-4,14H2,1-2H3,(H,22,25)/t19-/m1/s1. The van der Waals surface area contributed by atoms with Crippen molar-refractivity contribution in [1.82, 2.24) is 10.2 Å². The molecule has 0 bridgehead atoms. The van der Waals surface area contributed by atoms with E-state index in [1.165, 1.54) is 12.1 Å². The molecule has 2 aromatic rings. The van der Waals surface area contributed by atoms with Crippen LogP contribution in [0.25, 0.3) is 0 Å². The molecule has 0 aliphatic carbocycles. The largest absolute Gasteiger partial charge is 0.354 e. The highest BCUT2D eigenvalue weighted by Gasteiger charge is 2.30. The van der Waals surface area contributed by atoms with Gasteiger partial charge in [-0.05, 0) is 30.2 Å². The Hall–Kier alpha value is -2.69. The first-order valence-corrected chi connectivity index (χ1v) is 8.43.